The predicted molar refractivity (Wildman–Crippen MR) is 100 cm³/mol. The zero-order chi connectivity index (χ0) is 19.0. The molecule has 0 aliphatic heterocycles. The maximum absolute atomic E-state index is 12.5. The summed E-state index contributed by atoms with van der Waals surface area (Å²) in [6.07, 6.45) is 1.27. The second-order valence-electron chi connectivity index (χ2n) is 5.80. The third kappa shape index (κ3) is 3.18. The second kappa shape index (κ2) is 6.65. The smallest absolute Gasteiger partial charge is 0.284 e. The van der Waals surface area contributed by atoms with E-state index in [-0.39, 0.29) is 18.1 Å². The van der Waals surface area contributed by atoms with Crippen LogP contribution in [-0.4, -0.2) is 25.5 Å². The molecule has 134 valence electrons. The van der Waals surface area contributed by atoms with Crippen LogP contribution in [0.5, 0.6) is 5.88 Å². The molecule has 0 bridgehead atoms. The molecule has 2 aromatic carbocycles. The summed E-state index contributed by atoms with van der Waals surface area (Å²) in [6.45, 7) is -0.332. The van der Waals surface area contributed by atoms with Crippen molar-refractivity contribution in [2.75, 3.05) is 0 Å². The number of carbonyl (C=O) groups is 1. The van der Waals surface area contributed by atoms with Crippen molar-refractivity contribution in [1.29, 1.82) is 0 Å². The Hall–Kier alpha value is -3.52. The number of aromatic hydroxyl groups is 1. The normalized spacial score (nSPS) is 11.6. The van der Waals surface area contributed by atoms with Crippen LogP contribution in [0, 0.1) is 0 Å². The van der Waals surface area contributed by atoms with Gasteiger partial charge in [0.15, 0.2) is 5.69 Å². The van der Waals surface area contributed by atoms with Crippen LogP contribution in [0.25, 0.3) is 21.8 Å². The van der Waals surface area contributed by atoms with Crippen molar-refractivity contribution in [2.24, 2.45) is 10.2 Å². The minimum atomic E-state index is -0.662. The molecule has 2 N–H and O–H groups in total. The van der Waals surface area contributed by atoms with E-state index in [1.54, 1.807) is 36.4 Å². The van der Waals surface area contributed by atoms with E-state index in [9.17, 15) is 14.7 Å². The van der Waals surface area contributed by atoms with Crippen molar-refractivity contribution >= 4 is 45.0 Å². The average molecular weight is 382 g/mol. The quantitative estimate of drug-likeness (QED) is 0.528. The number of carbonyl (C=O) groups excluding carboxylic acids is 1. The van der Waals surface area contributed by atoms with Crippen molar-refractivity contribution < 1.29 is 9.90 Å². The number of halogens is 1. The van der Waals surface area contributed by atoms with Crippen LogP contribution in [0.1, 0.15) is 0 Å². The topological polar surface area (TPSA) is 113 Å². The van der Waals surface area contributed by atoms with Crippen molar-refractivity contribution in [3.63, 3.8) is 0 Å². The number of rotatable bonds is 3. The Morgan fingerprint density at radius 2 is 2.04 bits per heavy atom. The molecule has 0 aliphatic carbocycles. The summed E-state index contributed by atoms with van der Waals surface area (Å²) in [5.74, 6) is -0.850. The largest absolute Gasteiger partial charge is 0.493 e. The van der Waals surface area contributed by atoms with Crippen LogP contribution in [0.3, 0.4) is 0 Å². The number of azo groups is 1. The van der Waals surface area contributed by atoms with E-state index in [4.69, 9.17) is 11.6 Å². The molecule has 0 atom stereocenters. The minimum Gasteiger partial charge on any atom is -0.493 e. The van der Waals surface area contributed by atoms with Gasteiger partial charge >= 0.3 is 0 Å². The number of para-hydroxylation sites is 1. The zero-order valence-electron chi connectivity index (χ0n) is 13.8. The molecule has 1 amide bonds. The molecule has 4 aromatic rings. The standard InChI is InChI=1S/C18H12ClN5O3/c19-10-5-6-13-12(7-10)18(27)24(9-20-13)8-15(25)22-23-16-11-3-1-2-4-14(11)21-17(16)26/h1-7,9,21,26H,8H2. The number of fused-ring (bicyclic) bond motifs is 2. The molecule has 0 aliphatic rings. The first-order valence-electron chi connectivity index (χ1n) is 7.92. The summed E-state index contributed by atoms with van der Waals surface area (Å²) in [4.78, 5) is 31.5. The highest BCUT2D eigenvalue weighted by atomic mass is 35.5. The van der Waals surface area contributed by atoms with Gasteiger partial charge in [0, 0.05) is 10.4 Å². The van der Waals surface area contributed by atoms with E-state index in [0.29, 0.717) is 26.8 Å². The van der Waals surface area contributed by atoms with E-state index in [0.717, 1.165) is 4.57 Å². The summed E-state index contributed by atoms with van der Waals surface area (Å²) >= 11 is 5.92. The number of nitrogens with one attached hydrogen (secondary N) is 1. The Morgan fingerprint density at radius 1 is 1.22 bits per heavy atom. The van der Waals surface area contributed by atoms with Gasteiger partial charge in [0.25, 0.3) is 11.5 Å². The first kappa shape index (κ1) is 16.9. The van der Waals surface area contributed by atoms with Crippen LogP contribution in [-0.2, 0) is 11.3 Å². The fraction of sp³-hybridized carbons (Fsp3) is 0.0556. The molecule has 0 spiro atoms. The van der Waals surface area contributed by atoms with Gasteiger partial charge in [-0.25, -0.2) is 4.98 Å². The summed E-state index contributed by atoms with van der Waals surface area (Å²) in [6, 6.07) is 11.8. The van der Waals surface area contributed by atoms with Crippen LogP contribution < -0.4 is 5.56 Å². The molecule has 9 heteroatoms. The molecule has 2 heterocycles. The Morgan fingerprint density at radius 3 is 2.89 bits per heavy atom. The summed E-state index contributed by atoms with van der Waals surface area (Å²) < 4.78 is 1.13. The number of benzene rings is 2. The molecule has 2 aromatic heterocycles. The Bertz CT molecular complexity index is 1280. The van der Waals surface area contributed by atoms with Gasteiger partial charge in [-0.15, -0.1) is 10.2 Å². The van der Waals surface area contributed by atoms with Gasteiger partial charge in [-0.3, -0.25) is 14.2 Å². The molecule has 8 nitrogen and oxygen atoms in total. The van der Waals surface area contributed by atoms with Gasteiger partial charge in [-0.2, -0.15) is 0 Å². The number of amides is 1. The maximum Gasteiger partial charge on any atom is 0.284 e. The molecule has 0 radical (unpaired) electrons. The number of nitrogens with zero attached hydrogens (tertiary/aromatic N) is 4. The van der Waals surface area contributed by atoms with Crippen molar-refractivity contribution in [2.45, 2.75) is 6.54 Å². The lowest BCUT2D eigenvalue weighted by Gasteiger charge is -2.04. The van der Waals surface area contributed by atoms with Gasteiger partial charge < -0.3 is 10.1 Å². The third-order valence-electron chi connectivity index (χ3n) is 4.01. The fourth-order valence-electron chi connectivity index (χ4n) is 2.74. The Labute approximate surface area is 156 Å². The lowest BCUT2D eigenvalue weighted by molar-refractivity contribution is -0.118. The SMILES string of the molecule is O=C(Cn1cnc2ccc(Cl)cc2c1=O)N=Nc1c(O)[nH]c2ccccc12. The molecule has 0 saturated carbocycles. The molecule has 0 saturated heterocycles. The number of hydrogen-bond donors (Lipinski definition) is 2. The fourth-order valence-corrected chi connectivity index (χ4v) is 2.91. The van der Waals surface area contributed by atoms with E-state index in [1.807, 2.05) is 0 Å². The Balaban J connectivity index is 1.62. The number of hydrogen-bond acceptors (Lipinski definition) is 5. The second-order valence-corrected chi connectivity index (χ2v) is 6.24. The number of aromatic amines is 1. The van der Waals surface area contributed by atoms with Gasteiger partial charge in [0.05, 0.1) is 22.7 Å². The van der Waals surface area contributed by atoms with E-state index in [1.165, 1.54) is 12.4 Å². The molecule has 4 rings (SSSR count). The van der Waals surface area contributed by atoms with Crippen molar-refractivity contribution in [1.82, 2.24) is 14.5 Å². The number of H-pyrrole nitrogens is 1. The van der Waals surface area contributed by atoms with E-state index >= 15 is 0 Å². The van der Waals surface area contributed by atoms with E-state index < -0.39 is 11.5 Å². The first-order valence-corrected chi connectivity index (χ1v) is 8.29. The molecular formula is C18H12ClN5O3. The summed E-state index contributed by atoms with van der Waals surface area (Å²) in [7, 11) is 0. The van der Waals surface area contributed by atoms with Crippen molar-refractivity contribution in [3.05, 3.63) is 64.2 Å². The van der Waals surface area contributed by atoms with Crippen LogP contribution in [0.15, 0.2) is 63.8 Å². The summed E-state index contributed by atoms with van der Waals surface area (Å²) in [5.41, 5.74) is 0.914. The highest BCUT2D eigenvalue weighted by Gasteiger charge is 2.12. The molecule has 0 fully saturated rings. The zero-order valence-corrected chi connectivity index (χ0v) is 14.5. The maximum atomic E-state index is 12.5. The molecule has 27 heavy (non-hydrogen) atoms. The Kier molecular flexibility index (Phi) is 4.17. The molecule has 0 unspecified atom stereocenters. The highest BCUT2D eigenvalue weighted by molar-refractivity contribution is 6.31. The van der Waals surface area contributed by atoms with Gasteiger partial charge in [-0.05, 0) is 24.3 Å². The lowest BCUT2D eigenvalue weighted by Crippen LogP contribution is -2.23. The van der Waals surface area contributed by atoms with Gasteiger partial charge in [0.1, 0.15) is 6.54 Å². The minimum absolute atomic E-state index is 0.162. The third-order valence-corrected chi connectivity index (χ3v) is 4.25. The van der Waals surface area contributed by atoms with Gasteiger partial charge in [0.2, 0.25) is 5.88 Å². The first-order chi connectivity index (χ1) is 13.0. The molecular weight excluding hydrogens is 370 g/mol. The predicted octanol–water partition coefficient (Wildman–Crippen LogP) is 3.55. The lowest BCUT2D eigenvalue weighted by atomic mass is 10.2. The van der Waals surface area contributed by atoms with Crippen LogP contribution >= 0.6 is 11.6 Å². The van der Waals surface area contributed by atoms with E-state index in [2.05, 4.69) is 20.2 Å². The van der Waals surface area contributed by atoms with Crippen molar-refractivity contribution in [3.8, 4) is 5.88 Å². The van der Waals surface area contributed by atoms with Crippen LogP contribution in [0.2, 0.25) is 5.02 Å². The highest BCUT2D eigenvalue weighted by Crippen LogP contribution is 2.35. The number of aromatic nitrogens is 3. The average Bonchev–Trinajstić information content (AvgIpc) is 2.98. The monoisotopic (exact) mass is 381 g/mol. The summed E-state index contributed by atoms with van der Waals surface area (Å²) in [5, 5.41) is 18.7. The van der Waals surface area contributed by atoms with Crippen LogP contribution in [0.4, 0.5) is 5.69 Å². The van der Waals surface area contributed by atoms with Gasteiger partial charge in [-0.1, -0.05) is 29.8 Å².